The van der Waals surface area contributed by atoms with Gasteiger partial charge in [0, 0.05) is 16.5 Å². The lowest BCUT2D eigenvalue weighted by Gasteiger charge is -2.08. The Morgan fingerprint density at radius 1 is 1.32 bits per heavy atom. The zero-order chi connectivity index (χ0) is 13.8. The third-order valence-corrected chi connectivity index (χ3v) is 3.58. The standard InChI is InChI=1S/C12H12ClN3O2S/c1-7-6-8(13)2-3-9(7)15-10(17)11(18)16-12-14-4-5-19-12/h2-3,6H,4-5H2,1H3,(H,15,17)(H,14,16,18). The quantitative estimate of drug-likeness (QED) is 0.777. The summed E-state index contributed by atoms with van der Waals surface area (Å²) < 4.78 is 0. The number of carbonyl (C=O) groups excluding carboxylic acids is 2. The Morgan fingerprint density at radius 3 is 2.68 bits per heavy atom. The number of halogens is 1. The van der Waals surface area contributed by atoms with Crippen molar-refractivity contribution in [3.8, 4) is 0 Å². The molecule has 0 saturated heterocycles. The molecule has 7 heteroatoms. The van der Waals surface area contributed by atoms with Crippen LogP contribution in [0, 0.1) is 6.92 Å². The first-order valence-electron chi connectivity index (χ1n) is 5.62. The number of carbonyl (C=O) groups is 2. The van der Waals surface area contributed by atoms with Crippen molar-refractivity contribution in [3.63, 3.8) is 0 Å². The molecule has 2 N–H and O–H groups in total. The van der Waals surface area contributed by atoms with Crippen molar-refractivity contribution in [2.24, 2.45) is 4.99 Å². The minimum atomic E-state index is -0.722. The van der Waals surface area contributed by atoms with Gasteiger partial charge in [-0.2, -0.15) is 0 Å². The van der Waals surface area contributed by atoms with Crippen molar-refractivity contribution < 1.29 is 9.59 Å². The summed E-state index contributed by atoms with van der Waals surface area (Å²) in [6, 6.07) is 5.02. The maximum Gasteiger partial charge on any atom is 0.315 e. The molecule has 1 heterocycles. The van der Waals surface area contributed by atoms with Gasteiger partial charge in [-0.05, 0) is 30.7 Å². The number of benzene rings is 1. The van der Waals surface area contributed by atoms with Crippen LogP contribution in [0.2, 0.25) is 5.02 Å². The molecule has 2 amide bonds. The molecule has 5 nitrogen and oxygen atoms in total. The van der Waals surface area contributed by atoms with Crippen LogP contribution in [0.4, 0.5) is 5.69 Å². The van der Waals surface area contributed by atoms with Gasteiger partial charge >= 0.3 is 11.8 Å². The Balaban J connectivity index is 1.98. The average molecular weight is 298 g/mol. The van der Waals surface area contributed by atoms with Gasteiger partial charge in [0.25, 0.3) is 0 Å². The number of nitrogens with zero attached hydrogens (tertiary/aromatic N) is 1. The molecule has 2 rings (SSSR count). The number of hydrogen-bond acceptors (Lipinski definition) is 4. The number of aliphatic imine (C=N–C) groups is 1. The highest BCUT2D eigenvalue weighted by atomic mass is 35.5. The summed E-state index contributed by atoms with van der Waals surface area (Å²) in [5.41, 5.74) is 1.35. The molecule has 1 aromatic rings. The van der Waals surface area contributed by atoms with Crippen LogP contribution < -0.4 is 10.6 Å². The molecule has 19 heavy (non-hydrogen) atoms. The fourth-order valence-electron chi connectivity index (χ4n) is 1.51. The molecule has 0 bridgehead atoms. The van der Waals surface area contributed by atoms with E-state index in [0.717, 1.165) is 11.3 Å². The smallest absolute Gasteiger partial charge is 0.315 e. The van der Waals surface area contributed by atoms with Crippen LogP contribution in [0.3, 0.4) is 0 Å². The molecule has 1 aliphatic rings. The van der Waals surface area contributed by atoms with Gasteiger partial charge in [0.05, 0.1) is 6.54 Å². The van der Waals surface area contributed by atoms with Gasteiger partial charge in [-0.25, -0.2) is 0 Å². The second-order valence-corrected chi connectivity index (χ2v) is 5.42. The summed E-state index contributed by atoms with van der Waals surface area (Å²) in [6.45, 7) is 2.47. The Labute approximate surface area is 119 Å². The van der Waals surface area contributed by atoms with Crippen LogP contribution in [0.5, 0.6) is 0 Å². The molecule has 100 valence electrons. The zero-order valence-electron chi connectivity index (χ0n) is 10.2. The Hall–Kier alpha value is -1.53. The number of anilines is 1. The number of rotatable bonds is 1. The van der Waals surface area contributed by atoms with Crippen molar-refractivity contribution >= 4 is 46.0 Å². The van der Waals surface area contributed by atoms with E-state index in [9.17, 15) is 9.59 Å². The van der Waals surface area contributed by atoms with Crippen LogP contribution in [0.15, 0.2) is 23.2 Å². The van der Waals surface area contributed by atoms with Gasteiger partial charge in [0.15, 0.2) is 5.17 Å². The van der Waals surface area contributed by atoms with E-state index in [-0.39, 0.29) is 0 Å². The summed E-state index contributed by atoms with van der Waals surface area (Å²) in [4.78, 5) is 27.4. The minimum Gasteiger partial charge on any atom is -0.318 e. The molecule has 0 radical (unpaired) electrons. The first-order valence-corrected chi connectivity index (χ1v) is 6.98. The van der Waals surface area contributed by atoms with Gasteiger partial charge in [-0.1, -0.05) is 23.4 Å². The lowest BCUT2D eigenvalue weighted by Crippen LogP contribution is -2.37. The monoisotopic (exact) mass is 297 g/mol. The maximum absolute atomic E-state index is 11.7. The summed E-state index contributed by atoms with van der Waals surface area (Å²) in [7, 11) is 0. The lowest BCUT2D eigenvalue weighted by molar-refractivity contribution is -0.135. The van der Waals surface area contributed by atoms with Gasteiger partial charge in [0.1, 0.15) is 0 Å². The van der Waals surface area contributed by atoms with Crippen molar-refractivity contribution in [1.29, 1.82) is 0 Å². The molecule has 1 aliphatic heterocycles. The SMILES string of the molecule is Cc1cc(Cl)ccc1NC(=O)C(=O)NC1=NCCS1. The van der Waals surface area contributed by atoms with E-state index in [0.29, 0.717) is 22.4 Å². The Kier molecular flexibility index (Phi) is 4.44. The second-order valence-electron chi connectivity index (χ2n) is 3.90. The molecule has 0 aromatic heterocycles. The number of thioether (sulfide) groups is 1. The van der Waals surface area contributed by atoms with Gasteiger partial charge in [-0.3, -0.25) is 19.9 Å². The number of amides is 2. The van der Waals surface area contributed by atoms with E-state index >= 15 is 0 Å². The van der Waals surface area contributed by atoms with Gasteiger partial charge in [-0.15, -0.1) is 0 Å². The summed E-state index contributed by atoms with van der Waals surface area (Å²) >= 11 is 7.24. The third-order valence-electron chi connectivity index (χ3n) is 2.45. The average Bonchev–Trinajstić information content (AvgIpc) is 2.85. The van der Waals surface area contributed by atoms with Gasteiger partial charge < -0.3 is 5.32 Å². The third kappa shape index (κ3) is 3.71. The van der Waals surface area contributed by atoms with Crippen molar-refractivity contribution in [2.45, 2.75) is 6.92 Å². The predicted molar refractivity (Wildman–Crippen MR) is 77.7 cm³/mol. The zero-order valence-corrected chi connectivity index (χ0v) is 11.8. The van der Waals surface area contributed by atoms with Crippen LogP contribution in [0.1, 0.15) is 5.56 Å². The molecule has 0 saturated carbocycles. The summed E-state index contributed by atoms with van der Waals surface area (Å²) in [5.74, 6) is -0.615. The van der Waals surface area contributed by atoms with Gasteiger partial charge in [0.2, 0.25) is 0 Å². The maximum atomic E-state index is 11.7. The van der Waals surface area contributed by atoms with E-state index in [1.165, 1.54) is 11.8 Å². The highest BCUT2D eigenvalue weighted by molar-refractivity contribution is 8.14. The van der Waals surface area contributed by atoms with Crippen LogP contribution >= 0.6 is 23.4 Å². The minimum absolute atomic E-state index is 0.493. The molecule has 0 unspecified atom stereocenters. The number of hydrogen-bond donors (Lipinski definition) is 2. The van der Waals surface area contributed by atoms with Crippen LogP contribution in [-0.4, -0.2) is 29.3 Å². The Morgan fingerprint density at radius 2 is 2.05 bits per heavy atom. The molecular weight excluding hydrogens is 286 g/mol. The first-order chi connectivity index (χ1) is 9.06. The highest BCUT2D eigenvalue weighted by Gasteiger charge is 2.18. The molecule has 0 fully saturated rings. The van der Waals surface area contributed by atoms with Crippen molar-refractivity contribution in [1.82, 2.24) is 5.32 Å². The van der Waals surface area contributed by atoms with Crippen molar-refractivity contribution in [3.05, 3.63) is 28.8 Å². The highest BCUT2D eigenvalue weighted by Crippen LogP contribution is 2.19. The molecule has 0 spiro atoms. The first kappa shape index (κ1) is 13.9. The number of nitrogens with one attached hydrogen (secondary N) is 2. The predicted octanol–water partition coefficient (Wildman–Crippen LogP) is 1.81. The van der Waals surface area contributed by atoms with Crippen molar-refractivity contribution in [2.75, 3.05) is 17.6 Å². The van der Waals surface area contributed by atoms with Crippen LogP contribution in [-0.2, 0) is 9.59 Å². The normalized spacial score (nSPS) is 13.9. The van der Waals surface area contributed by atoms with E-state index in [1.54, 1.807) is 25.1 Å². The van der Waals surface area contributed by atoms with E-state index in [1.807, 2.05) is 0 Å². The number of amidine groups is 1. The molecule has 1 aromatic carbocycles. The molecular formula is C12H12ClN3O2S. The Bertz CT molecular complexity index is 560. The van der Waals surface area contributed by atoms with E-state index in [4.69, 9.17) is 11.6 Å². The summed E-state index contributed by atoms with van der Waals surface area (Å²) in [5, 5.41) is 6.08. The fourth-order valence-corrected chi connectivity index (χ4v) is 2.46. The molecule has 0 aliphatic carbocycles. The largest absolute Gasteiger partial charge is 0.318 e. The number of aryl methyl sites for hydroxylation is 1. The topological polar surface area (TPSA) is 70.6 Å². The fraction of sp³-hybridized carbons (Fsp3) is 0.250. The van der Waals surface area contributed by atoms with Crippen LogP contribution in [0.25, 0.3) is 0 Å². The lowest BCUT2D eigenvalue weighted by atomic mass is 10.2. The molecule has 0 atom stereocenters. The van der Waals surface area contributed by atoms with E-state index < -0.39 is 11.8 Å². The second kappa shape index (κ2) is 6.08. The summed E-state index contributed by atoms with van der Waals surface area (Å²) in [6.07, 6.45) is 0. The van der Waals surface area contributed by atoms with E-state index in [2.05, 4.69) is 15.6 Å².